The second kappa shape index (κ2) is 7.22. The van der Waals surface area contributed by atoms with Crippen LogP contribution in [0.4, 0.5) is 0 Å². The number of hydrogen-bond donors (Lipinski definition) is 0. The fourth-order valence-electron chi connectivity index (χ4n) is 3.35. The number of nitrogens with zero attached hydrogens (tertiary/aromatic N) is 3. The van der Waals surface area contributed by atoms with Crippen molar-refractivity contribution in [2.45, 2.75) is 26.8 Å². The molecule has 1 unspecified atom stereocenters. The molecule has 0 radical (unpaired) electrons. The van der Waals surface area contributed by atoms with Gasteiger partial charge in [0.1, 0.15) is 6.04 Å². The summed E-state index contributed by atoms with van der Waals surface area (Å²) in [6.07, 6.45) is 0. The first-order chi connectivity index (χ1) is 12.0. The van der Waals surface area contributed by atoms with Crippen molar-refractivity contribution in [3.63, 3.8) is 0 Å². The molecule has 0 N–H and O–H groups in total. The number of ketones is 1. The van der Waals surface area contributed by atoms with Crippen molar-refractivity contribution in [2.24, 2.45) is 0 Å². The van der Waals surface area contributed by atoms with Crippen molar-refractivity contribution >= 4 is 5.78 Å². The number of Topliss-reactive ketones (excluding diaryl/α,β-unsaturated/α-hetero) is 1. The molecule has 1 saturated heterocycles. The van der Waals surface area contributed by atoms with E-state index in [-0.39, 0.29) is 18.4 Å². The van der Waals surface area contributed by atoms with Gasteiger partial charge in [0.05, 0.1) is 25.8 Å². The molecule has 0 amide bonds. The van der Waals surface area contributed by atoms with E-state index in [1.165, 1.54) is 5.56 Å². The Balaban J connectivity index is 1.85. The van der Waals surface area contributed by atoms with Gasteiger partial charge in [-0.2, -0.15) is 5.26 Å². The molecule has 25 heavy (non-hydrogen) atoms. The first-order valence-corrected chi connectivity index (χ1v) is 8.52. The van der Waals surface area contributed by atoms with Gasteiger partial charge in [0.15, 0.2) is 5.78 Å². The topological polar surface area (TPSA) is 58.3 Å². The Labute approximate surface area is 148 Å². The summed E-state index contributed by atoms with van der Waals surface area (Å²) >= 11 is 0. The van der Waals surface area contributed by atoms with Gasteiger partial charge in [0.25, 0.3) is 0 Å². The highest BCUT2D eigenvalue weighted by Crippen LogP contribution is 2.22. The molecule has 5 heteroatoms. The van der Waals surface area contributed by atoms with Crippen LogP contribution >= 0.6 is 0 Å². The molecule has 1 aromatic heterocycles. The molecular weight excluding hydrogens is 314 g/mol. The standard InChI is InChI=1S/C20H23N3O2/c1-14-4-6-17(7-5-14)23-15(2)10-19(16(23)3)20(24)12-22-8-9-25-13-18(22)11-21/h4-7,10,18H,8-9,12-13H2,1-3H3. The Kier molecular flexibility index (Phi) is 5.03. The third kappa shape index (κ3) is 3.51. The van der Waals surface area contributed by atoms with Crippen LogP contribution in [-0.2, 0) is 4.74 Å². The van der Waals surface area contributed by atoms with Crippen LogP contribution in [0.15, 0.2) is 30.3 Å². The maximum Gasteiger partial charge on any atom is 0.178 e. The molecule has 1 aliphatic heterocycles. The molecule has 0 bridgehead atoms. The lowest BCUT2D eigenvalue weighted by Crippen LogP contribution is -2.46. The summed E-state index contributed by atoms with van der Waals surface area (Å²) in [6.45, 7) is 7.83. The summed E-state index contributed by atoms with van der Waals surface area (Å²) < 4.78 is 7.43. The van der Waals surface area contributed by atoms with Crippen LogP contribution in [0, 0.1) is 32.1 Å². The number of rotatable bonds is 4. The van der Waals surface area contributed by atoms with Crippen LogP contribution in [0.2, 0.25) is 0 Å². The summed E-state index contributed by atoms with van der Waals surface area (Å²) in [4.78, 5) is 14.7. The minimum Gasteiger partial charge on any atom is -0.377 e. The lowest BCUT2D eigenvalue weighted by molar-refractivity contribution is 0.0143. The number of aryl methyl sites for hydroxylation is 2. The van der Waals surface area contributed by atoms with Crippen molar-refractivity contribution in [1.82, 2.24) is 9.47 Å². The van der Waals surface area contributed by atoms with Crippen molar-refractivity contribution in [1.29, 1.82) is 5.26 Å². The molecule has 1 aromatic carbocycles. The van der Waals surface area contributed by atoms with E-state index < -0.39 is 0 Å². The van der Waals surface area contributed by atoms with Crippen molar-refractivity contribution < 1.29 is 9.53 Å². The molecule has 1 aliphatic rings. The predicted molar refractivity (Wildman–Crippen MR) is 96.1 cm³/mol. The Morgan fingerprint density at radius 3 is 2.68 bits per heavy atom. The number of carbonyl (C=O) groups is 1. The zero-order valence-corrected chi connectivity index (χ0v) is 15.0. The van der Waals surface area contributed by atoms with Gasteiger partial charge in [0, 0.05) is 29.2 Å². The molecular formula is C20H23N3O2. The van der Waals surface area contributed by atoms with Gasteiger partial charge >= 0.3 is 0 Å². The highest BCUT2D eigenvalue weighted by Gasteiger charge is 2.26. The summed E-state index contributed by atoms with van der Waals surface area (Å²) in [7, 11) is 0. The molecule has 0 saturated carbocycles. The number of ether oxygens (including phenoxy) is 1. The van der Waals surface area contributed by atoms with E-state index in [9.17, 15) is 10.1 Å². The van der Waals surface area contributed by atoms with E-state index in [2.05, 4.69) is 41.8 Å². The normalized spacial score (nSPS) is 18.1. The third-order valence-electron chi connectivity index (χ3n) is 4.76. The van der Waals surface area contributed by atoms with Crippen molar-refractivity contribution in [2.75, 3.05) is 26.3 Å². The molecule has 2 heterocycles. The van der Waals surface area contributed by atoms with Crippen LogP contribution < -0.4 is 0 Å². The van der Waals surface area contributed by atoms with E-state index in [1.54, 1.807) is 0 Å². The van der Waals surface area contributed by atoms with Gasteiger partial charge in [-0.05, 0) is 39.0 Å². The summed E-state index contributed by atoms with van der Waals surface area (Å²) in [5, 5.41) is 9.23. The van der Waals surface area contributed by atoms with Gasteiger partial charge in [0.2, 0.25) is 0 Å². The van der Waals surface area contributed by atoms with E-state index in [0.29, 0.717) is 19.8 Å². The van der Waals surface area contributed by atoms with Crippen molar-refractivity contribution in [3.05, 3.63) is 52.8 Å². The SMILES string of the molecule is Cc1ccc(-n2c(C)cc(C(=O)CN3CCOCC3C#N)c2C)cc1. The van der Waals surface area contributed by atoms with E-state index in [0.717, 1.165) is 22.6 Å². The Morgan fingerprint density at radius 2 is 2.00 bits per heavy atom. The third-order valence-corrected chi connectivity index (χ3v) is 4.76. The van der Waals surface area contributed by atoms with Crippen LogP contribution in [0.5, 0.6) is 0 Å². The van der Waals surface area contributed by atoms with Crippen LogP contribution in [0.1, 0.15) is 27.3 Å². The zero-order chi connectivity index (χ0) is 18.0. The number of morpholine rings is 1. The summed E-state index contributed by atoms with van der Waals surface area (Å²) in [5.74, 6) is 0.0496. The Hall–Kier alpha value is -2.42. The van der Waals surface area contributed by atoms with Crippen LogP contribution in [-0.4, -0.2) is 47.6 Å². The van der Waals surface area contributed by atoms with Crippen molar-refractivity contribution in [3.8, 4) is 11.8 Å². The minimum atomic E-state index is -0.349. The van der Waals surface area contributed by atoms with Gasteiger partial charge in [-0.1, -0.05) is 17.7 Å². The lowest BCUT2D eigenvalue weighted by atomic mass is 10.1. The fraction of sp³-hybridized carbons (Fsp3) is 0.400. The fourth-order valence-corrected chi connectivity index (χ4v) is 3.35. The lowest BCUT2D eigenvalue weighted by Gasteiger charge is -2.30. The number of nitriles is 1. The van der Waals surface area contributed by atoms with Gasteiger partial charge in [-0.15, -0.1) is 0 Å². The smallest absolute Gasteiger partial charge is 0.178 e. The highest BCUT2D eigenvalue weighted by atomic mass is 16.5. The molecule has 1 fully saturated rings. The molecule has 2 aromatic rings. The maximum atomic E-state index is 12.8. The molecule has 5 nitrogen and oxygen atoms in total. The van der Waals surface area contributed by atoms with Gasteiger partial charge in [-0.3, -0.25) is 9.69 Å². The van der Waals surface area contributed by atoms with Crippen LogP contribution in [0.3, 0.4) is 0 Å². The average molecular weight is 337 g/mol. The van der Waals surface area contributed by atoms with Gasteiger partial charge in [-0.25, -0.2) is 0 Å². The van der Waals surface area contributed by atoms with E-state index >= 15 is 0 Å². The Bertz CT molecular complexity index is 815. The maximum absolute atomic E-state index is 12.8. The second-order valence-corrected chi connectivity index (χ2v) is 6.57. The summed E-state index contributed by atoms with van der Waals surface area (Å²) in [5.41, 5.74) is 4.95. The number of hydrogen-bond acceptors (Lipinski definition) is 4. The van der Waals surface area contributed by atoms with E-state index in [4.69, 9.17) is 4.74 Å². The van der Waals surface area contributed by atoms with Gasteiger partial charge < -0.3 is 9.30 Å². The zero-order valence-electron chi connectivity index (χ0n) is 15.0. The Morgan fingerprint density at radius 1 is 1.28 bits per heavy atom. The minimum absolute atomic E-state index is 0.0496. The number of aromatic nitrogens is 1. The molecule has 0 aliphatic carbocycles. The number of carbonyl (C=O) groups excluding carboxylic acids is 1. The molecule has 3 rings (SSSR count). The molecule has 130 valence electrons. The second-order valence-electron chi connectivity index (χ2n) is 6.57. The first kappa shape index (κ1) is 17.4. The highest BCUT2D eigenvalue weighted by molar-refractivity contribution is 5.99. The average Bonchev–Trinajstić information content (AvgIpc) is 2.91. The first-order valence-electron chi connectivity index (χ1n) is 8.52. The largest absolute Gasteiger partial charge is 0.377 e. The van der Waals surface area contributed by atoms with Crippen LogP contribution in [0.25, 0.3) is 5.69 Å². The number of benzene rings is 1. The van der Waals surface area contributed by atoms with E-state index in [1.807, 2.05) is 24.8 Å². The summed E-state index contributed by atoms with van der Waals surface area (Å²) in [6, 6.07) is 12.1. The quantitative estimate of drug-likeness (QED) is 0.805. The monoisotopic (exact) mass is 337 g/mol. The molecule has 1 atom stereocenters. The predicted octanol–water partition coefficient (Wildman–Crippen LogP) is 2.81. The molecule has 0 spiro atoms.